The number of thiazole rings is 1. The molecule has 1 aromatic heterocycles. The van der Waals surface area contributed by atoms with Crippen molar-refractivity contribution in [1.29, 1.82) is 0 Å². The first kappa shape index (κ1) is 13.5. The largest absolute Gasteiger partial charge is 0.394 e. The average Bonchev–Trinajstić information content (AvgIpc) is 2.65. The molecule has 0 fully saturated rings. The van der Waals surface area contributed by atoms with Crippen LogP contribution in [0.25, 0.3) is 0 Å². The average molecular weight is 266 g/mol. The molecule has 1 rings (SSSR count). The zero-order valence-corrected chi connectivity index (χ0v) is 10.5. The Morgan fingerprint density at radius 2 is 2.31 bits per heavy atom. The lowest BCUT2D eigenvalue weighted by Crippen LogP contribution is -2.27. The number of aliphatic hydroxyl groups excluding tert-OH is 1. The molecule has 0 aliphatic rings. The maximum absolute atomic E-state index is 11.6. The van der Waals surface area contributed by atoms with Gasteiger partial charge in [0.1, 0.15) is 0 Å². The molecule has 0 aliphatic carbocycles. The van der Waals surface area contributed by atoms with Crippen LogP contribution in [-0.2, 0) is 14.8 Å². The first-order valence-corrected chi connectivity index (χ1v) is 6.97. The number of rotatable bonds is 7. The molecular formula is C8H14N2O4S2. The first-order chi connectivity index (χ1) is 7.56. The van der Waals surface area contributed by atoms with Crippen LogP contribution in [0, 0.1) is 6.92 Å². The molecule has 1 aromatic rings. The Hall–Kier alpha value is -0.540. The van der Waals surface area contributed by atoms with Gasteiger partial charge >= 0.3 is 0 Å². The fourth-order valence-corrected chi connectivity index (χ4v) is 3.12. The Balaban J connectivity index is 2.41. The summed E-state index contributed by atoms with van der Waals surface area (Å²) in [6.45, 7) is 2.30. The number of ether oxygens (including phenoxy) is 1. The molecule has 0 aliphatic heterocycles. The van der Waals surface area contributed by atoms with Crippen LogP contribution in [-0.4, -0.2) is 44.9 Å². The van der Waals surface area contributed by atoms with Gasteiger partial charge in [0, 0.05) is 6.54 Å². The third kappa shape index (κ3) is 4.14. The molecule has 0 saturated carbocycles. The molecule has 0 atom stereocenters. The number of hydrogen-bond donors (Lipinski definition) is 2. The van der Waals surface area contributed by atoms with E-state index < -0.39 is 10.0 Å². The van der Waals surface area contributed by atoms with Crippen molar-refractivity contribution in [3.63, 3.8) is 0 Å². The van der Waals surface area contributed by atoms with Crippen molar-refractivity contribution in [3.05, 3.63) is 11.2 Å². The van der Waals surface area contributed by atoms with Crippen molar-refractivity contribution in [2.45, 2.75) is 11.1 Å². The minimum Gasteiger partial charge on any atom is -0.394 e. The predicted molar refractivity (Wildman–Crippen MR) is 59.9 cm³/mol. The maximum atomic E-state index is 11.6. The zero-order chi connectivity index (χ0) is 12.0. The maximum Gasteiger partial charge on any atom is 0.251 e. The van der Waals surface area contributed by atoms with Crippen LogP contribution >= 0.6 is 11.3 Å². The van der Waals surface area contributed by atoms with Crippen LogP contribution in [0.1, 0.15) is 5.01 Å². The molecule has 0 saturated heterocycles. The van der Waals surface area contributed by atoms with Gasteiger partial charge in [-0.15, -0.1) is 11.3 Å². The predicted octanol–water partition coefficient (Wildman–Crippen LogP) is -0.261. The molecule has 0 aromatic carbocycles. The molecule has 0 amide bonds. The third-order valence-corrected chi connectivity index (χ3v) is 4.47. The molecule has 0 radical (unpaired) electrons. The number of nitrogens with zero attached hydrogens (tertiary/aromatic N) is 1. The standard InChI is InChI=1S/C8H14N2O4S2/c1-7-9-6-8(15-7)16(12,13)10-2-4-14-5-3-11/h6,10-11H,2-5H2,1H3. The van der Waals surface area contributed by atoms with E-state index in [0.29, 0.717) is 5.01 Å². The lowest BCUT2D eigenvalue weighted by atomic mass is 10.7. The van der Waals surface area contributed by atoms with Crippen LogP contribution in [0.15, 0.2) is 10.4 Å². The van der Waals surface area contributed by atoms with Gasteiger partial charge in [-0.1, -0.05) is 0 Å². The molecule has 0 spiro atoms. The summed E-state index contributed by atoms with van der Waals surface area (Å²) in [6.07, 6.45) is 1.33. The van der Waals surface area contributed by atoms with Crippen molar-refractivity contribution >= 4 is 21.4 Å². The van der Waals surface area contributed by atoms with Crippen LogP contribution in [0.5, 0.6) is 0 Å². The van der Waals surface area contributed by atoms with E-state index in [4.69, 9.17) is 9.84 Å². The van der Waals surface area contributed by atoms with E-state index >= 15 is 0 Å². The highest BCUT2D eigenvalue weighted by atomic mass is 32.2. The van der Waals surface area contributed by atoms with Crippen molar-refractivity contribution in [1.82, 2.24) is 9.71 Å². The molecule has 92 valence electrons. The highest BCUT2D eigenvalue weighted by Crippen LogP contribution is 2.16. The summed E-state index contributed by atoms with van der Waals surface area (Å²) < 4.78 is 30.8. The van der Waals surface area contributed by atoms with Gasteiger partial charge in [-0.3, -0.25) is 0 Å². The zero-order valence-electron chi connectivity index (χ0n) is 8.84. The second-order valence-corrected chi connectivity index (χ2v) is 6.16. The fraction of sp³-hybridized carbons (Fsp3) is 0.625. The Morgan fingerprint density at radius 3 is 2.88 bits per heavy atom. The number of aryl methyl sites for hydroxylation is 1. The molecule has 6 nitrogen and oxygen atoms in total. The second kappa shape index (κ2) is 6.26. The molecule has 8 heteroatoms. The van der Waals surface area contributed by atoms with Gasteiger partial charge in [0.2, 0.25) is 0 Å². The quantitative estimate of drug-likeness (QED) is 0.664. The SMILES string of the molecule is Cc1ncc(S(=O)(=O)NCCOCCO)s1. The first-order valence-electron chi connectivity index (χ1n) is 4.67. The van der Waals surface area contributed by atoms with Gasteiger partial charge in [-0.05, 0) is 6.92 Å². The van der Waals surface area contributed by atoms with Crippen LogP contribution in [0.3, 0.4) is 0 Å². The fourth-order valence-electron chi connectivity index (χ4n) is 0.952. The highest BCUT2D eigenvalue weighted by molar-refractivity contribution is 7.91. The van der Waals surface area contributed by atoms with Crippen molar-refractivity contribution in [2.75, 3.05) is 26.4 Å². The molecular weight excluding hydrogens is 252 g/mol. The van der Waals surface area contributed by atoms with E-state index in [2.05, 4.69) is 9.71 Å². The molecule has 0 bridgehead atoms. The number of hydrogen-bond acceptors (Lipinski definition) is 6. The van der Waals surface area contributed by atoms with Gasteiger partial charge in [-0.2, -0.15) is 0 Å². The third-order valence-electron chi connectivity index (χ3n) is 1.64. The van der Waals surface area contributed by atoms with E-state index in [1.165, 1.54) is 6.20 Å². The normalized spacial score (nSPS) is 11.9. The van der Waals surface area contributed by atoms with Crippen LogP contribution in [0.2, 0.25) is 0 Å². The molecule has 2 N–H and O–H groups in total. The van der Waals surface area contributed by atoms with E-state index in [1.807, 2.05) is 0 Å². The summed E-state index contributed by atoms with van der Waals surface area (Å²) in [7, 11) is -3.46. The van der Waals surface area contributed by atoms with E-state index in [9.17, 15) is 8.42 Å². The number of sulfonamides is 1. The van der Waals surface area contributed by atoms with Gasteiger partial charge in [0.05, 0.1) is 31.0 Å². The van der Waals surface area contributed by atoms with Gasteiger partial charge in [0.25, 0.3) is 10.0 Å². The minimum atomic E-state index is -3.46. The minimum absolute atomic E-state index is 0.0687. The van der Waals surface area contributed by atoms with Crippen molar-refractivity contribution in [2.24, 2.45) is 0 Å². The lowest BCUT2D eigenvalue weighted by molar-refractivity contribution is 0.0961. The highest BCUT2D eigenvalue weighted by Gasteiger charge is 2.15. The van der Waals surface area contributed by atoms with Gasteiger partial charge in [-0.25, -0.2) is 18.1 Å². The lowest BCUT2D eigenvalue weighted by Gasteiger charge is -2.04. The topological polar surface area (TPSA) is 88.5 Å². The number of aromatic nitrogens is 1. The smallest absolute Gasteiger partial charge is 0.251 e. The van der Waals surface area contributed by atoms with E-state index in [1.54, 1.807) is 6.92 Å². The van der Waals surface area contributed by atoms with E-state index in [-0.39, 0.29) is 30.6 Å². The van der Waals surface area contributed by atoms with Crippen LogP contribution in [0.4, 0.5) is 0 Å². The Kier molecular flexibility index (Phi) is 5.29. The number of aliphatic hydroxyl groups is 1. The van der Waals surface area contributed by atoms with Crippen molar-refractivity contribution < 1.29 is 18.3 Å². The Labute approximate surface area is 98.3 Å². The summed E-state index contributed by atoms with van der Waals surface area (Å²) in [6, 6.07) is 0. The van der Waals surface area contributed by atoms with Gasteiger partial charge < -0.3 is 9.84 Å². The number of nitrogens with one attached hydrogen (secondary N) is 1. The van der Waals surface area contributed by atoms with Gasteiger partial charge in [0.15, 0.2) is 4.21 Å². The second-order valence-electron chi connectivity index (χ2n) is 2.93. The van der Waals surface area contributed by atoms with E-state index in [0.717, 1.165) is 11.3 Å². The summed E-state index contributed by atoms with van der Waals surface area (Å²) in [4.78, 5) is 3.88. The summed E-state index contributed by atoms with van der Waals surface area (Å²) in [5, 5.41) is 9.14. The molecule has 0 unspecified atom stereocenters. The Bertz CT molecular complexity index is 415. The summed E-state index contributed by atoms with van der Waals surface area (Å²) in [5.41, 5.74) is 0. The summed E-state index contributed by atoms with van der Waals surface area (Å²) >= 11 is 1.12. The summed E-state index contributed by atoms with van der Waals surface area (Å²) in [5.74, 6) is 0. The molecule has 16 heavy (non-hydrogen) atoms. The molecule has 1 heterocycles. The van der Waals surface area contributed by atoms with Crippen molar-refractivity contribution in [3.8, 4) is 0 Å². The Morgan fingerprint density at radius 1 is 1.56 bits per heavy atom. The van der Waals surface area contributed by atoms with Crippen LogP contribution < -0.4 is 4.72 Å². The monoisotopic (exact) mass is 266 g/mol.